The molecule has 3 N–H and O–H groups in total. The first-order valence-corrected chi connectivity index (χ1v) is 3.95. The third-order valence-corrected chi connectivity index (χ3v) is 1.56. The molecule has 0 bridgehead atoms. The van der Waals surface area contributed by atoms with Gasteiger partial charge in [-0.15, -0.1) is 5.10 Å². The van der Waals surface area contributed by atoms with Crippen LogP contribution in [-0.4, -0.2) is 31.3 Å². The van der Waals surface area contributed by atoms with Gasteiger partial charge in [0.15, 0.2) is 0 Å². The Kier molecular flexibility index (Phi) is 1.98. The van der Waals surface area contributed by atoms with Crippen LogP contribution in [0.25, 0.3) is 0 Å². The number of amides is 1. The van der Waals surface area contributed by atoms with Crippen LogP contribution in [-0.2, 0) is 0 Å². The van der Waals surface area contributed by atoms with Crippen molar-refractivity contribution in [3.8, 4) is 0 Å². The number of aromatic amines is 2. The Morgan fingerprint density at radius 3 is 3.00 bits per heavy atom. The summed E-state index contributed by atoms with van der Waals surface area (Å²) in [6, 6.07) is 0. The van der Waals surface area contributed by atoms with Gasteiger partial charge in [0.05, 0.1) is 11.9 Å². The third kappa shape index (κ3) is 1.60. The van der Waals surface area contributed by atoms with Gasteiger partial charge in [-0.25, -0.2) is 4.98 Å². The smallest absolute Gasteiger partial charge is 0.295 e. The van der Waals surface area contributed by atoms with Crippen LogP contribution in [0.2, 0.25) is 0 Å². The molecular weight excluding hydrogens is 184 g/mol. The van der Waals surface area contributed by atoms with Gasteiger partial charge in [-0.2, -0.15) is 5.10 Å². The number of carbonyl (C=O) groups excluding carboxylic acids is 1. The van der Waals surface area contributed by atoms with Gasteiger partial charge in [-0.3, -0.25) is 15.0 Å². The van der Waals surface area contributed by atoms with Crippen LogP contribution >= 0.6 is 0 Å². The Bertz CT molecular complexity index is 431. The Balaban J connectivity index is 2.10. The van der Waals surface area contributed by atoms with Crippen LogP contribution in [0.5, 0.6) is 0 Å². The van der Waals surface area contributed by atoms with Crippen molar-refractivity contribution >= 4 is 11.6 Å². The molecule has 72 valence electrons. The van der Waals surface area contributed by atoms with E-state index >= 15 is 0 Å². The maximum atomic E-state index is 11.4. The van der Waals surface area contributed by atoms with Crippen LogP contribution in [0, 0.1) is 6.92 Å². The minimum absolute atomic E-state index is 0.115. The van der Waals surface area contributed by atoms with E-state index in [9.17, 15) is 4.79 Å². The molecule has 7 heteroatoms. The molecule has 0 saturated carbocycles. The highest BCUT2D eigenvalue weighted by Crippen LogP contribution is 2.02. The number of hydrogen-bond donors (Lipinski definition) is 3. The molecule has 2 heterocycles. The lowest BCUT2D eigenvalue weighted by Crippen LogP contribution is -2.13. The zero-order chi connectivity index (χ0) is 9.97. The molecule has 0 spiro atoms. The van der Waals surface area contributed by atoms with E-state index in [0.29, 0.717) is 11.5 Å². The normalized spacial score (nSPS) is 10.1. The number of nitrogens with zero attached hydrogens (tertiary/aromatic N) is 3. The SMILES string of the molecule is Cc1nc(C(=O)Nc2cn[nH]c2)n[nH]1. The lowest BCUT2D eigenvalue weighted by Gasteiger charge is -1.95. The minimum atomic E-state index is -0.365. The molecule has 0 aliphatic rings. The minimum Gasteiger partial charge on any atom is -0.316 e. The largest absolute Gasteiger partial charge is 0.316 e. The van der Waals surface area contributed by atoms with Crippen molar-refractivity contribution in [2.24, 2.45) is 0 Å². The maximum Gasteiger partial charge on any atom is 0.295 e. The molecular formula is C7H8N6O. The summed E-state index contributed by atoms with van der Waals surface area (Å²) in [6.07, 6.45) is 3.06. The first kappa shape index (κ1) is 8.42. The topological polar surface area (TPSA) is 99.3 Å². The van der Waals surface area contributed by atoms with Crippen molar-refractivity contribution < 1.29 is 4.79 Å². The molecule has 0 aromatic carbocycles. The molecule has 14 heavy (non-hydrogen) atoms. The number of H-pyrrole nitrogens is 2. The first-order valence-electron chi connectivity index (χ1n) is 3.95. The number of rotatable bonds is 2. The summed E-state index contributed by atoms with van der Waals surface area (Å²) in [7, 11) is 0. The standard InChI is InChI=1S/C7H8N6O/c1-4-10-6(13-12-4)7(14)11-5-2-8-9-3-5/h2-3H,1H3,(H,8,9)(H,11,14)(H,10,12,13). The summed E-state index contributed by atoms with van der Waals surface area (Å²) < 4.78 is 0. The number of aryl methyl sites for hydroxylation is 1. The molecule has 2 aromatic heterocycles. The van der Waals surface area contributed by atoms with E-state index in [1.807, 2.05) is 0 Å². The van der Waals surface area contributed by atoms with E-state index in [1.165, 1.54) is 6.20 Å². The second-order valence-corrected chi connectivity index (χ2v) is 2.69. The van der Waals surface area contributed by atoms with Gasteiger partial charge in [0.1, 0.15) is 5.82 Å². The first-order chi connectivity index (χ1) is 6.75. The predicted octanol–water partition coefficient (Wildman–Crippen LogP) is 0.0885. The van der Waals surface area contributed by atoms with Gasteiger partial charge in [0, 0.05) is 6.20 Å². The van der Waals surface area contributed by atoms with Crippen LogP contribution < -0.4 is 5.32 Å². The van der Waals surface area contributed by atoms with Crippen molar-refractivity contribution in [1.82, 2.24) is 25.4 Å². The molecule has 0 saturated heterocycles. The van der Waals surface area contributed by atoms with Crippen molar-refractivity contribution in [2.75, 3.05) is 5.32 Å². The fourth-order valence-corrected chi connectivity index (χ4v) is 0.950. The van der Waals surface area contributed by atoms with Gasteiger partial charge in [0.25, 0.3) is 5.91 Å². The summed E-state index contributed by atoms with van der Waals surface area (Å²) in [5.41, 5.74) is 0.581. The maximum absolute atomic E-state index is 11.4. The van der Waals surface area contributed by atoms with Crippen LogP contribution in [0.15, 0.2) is 12.4 Å². The van der Waals surface area contributed by atoms with Crippen molar-refractivity contribution in [3.05, 3.63) is 24.0 Å². The molecule has 0 atom stereocenters. The van der Waals surface area contributed by atoms with Gasteiger partial charge in [-0.1, -0.05) is 0 Å². The molecule has 2 rings (SSSR count). The Labute approximate surface area is 78.9 Å². The monoisotopic (exact) mass is 192 g/mol. The van der Waals surface area contributed by atoms with E-state index in [2.05, 4.69) is 30.7 Å². The molecule has 0 unspecified atom stereocenters. The van der Waals surface area contributed by atoms with E-state index in [4.69, 9.17) is 0 Å². The Morgan fingerprint density at radius 1 is 1.57 bits per heavy atom. The quantitative estimate of drug-likeness (QED) is 0.627. The van der Waals surface area contributed by atoms with Crippen molar-refractivity contribution in [2.45, 2.75) is 6.92 Å². The number of aromatic nitrogens is 5. The van der Waals surface area contributed by atoms with Crippen molar-refractivity contribution in [3.63, 3.8) is 0 Å². The molecule has 1 amide bonds. The summed E-state index contributed by atoms with van der Waals surface area (Å²) in [4.78, 5) is 15.3. The highest BCUT2D eigenvalue weighted by atomic mass is 16.2. The van der Waals surface area contributed by atoms with Crippen LogP contribution in [0.4, 0.5) is 5.69 Å². The zero-order valence-electron chi connectivity index (χ0n) is 7.40. The molecule has 0 aliphatic carbocycles. The second-order valence-electron chi connectivity index (χ2n) is 2.69. The van der Waals surface area contributed by atoms with Crippen LogP contribution in [0.1, 0.15) is 16.4 Å². The van der Waals surface area contributed by atoms with E-state index in [0.717, 1.165) is 0 Å². The number of hydrogen-bond acceptors (Lipinski definition) is 4. The third-order valence-electron chi connectivity index (χ3n) is 1.56. The van der Waals surface area contributed by atoms with E-state index < -0.39 is 0 Å². The average Bonchev–Trinajstić information content (AvgIpc) is 2.75. The van der Waals surface area contributed by atoms with E-state index in [1.54, 1.807) is 13.1 Å². The van der Waals surface area contributed by atoms with E-state index in [-0.39, 0.29) is 11.7 Å². The lowest BCUT2D eigenvalue weighted by atomic mass is 10.5. The Hall–Kier alpha value is -2.18. The molecule has 0 fully saturated rings. The molecule has 0 radical (unpaired) electrons. The fraction of sp³-hybridized carbons (Fsp3) is 0.143. The number of anilines is 1. The summed E-state index contributed by atoms with van der Waals surface area (Å²) >= 11 is 0. The van der Waals surface area contributed by atoms with Gasteiger partial charge in [0.2, 0.25) is 5.82 Å². The van der Waals surface area contributed by atoms with Gasteiger partial charge in [-0.05, 0) is 6.92 Å². The predicted molar refractivity (Wildman–Crippen MR) is 47.7 cm³/mol. The molecule has 7 nitrogen and oxygen atoms in total. The summed E-state index contributed by atoms with van der Waals surface area (Å²) in [5.74, 6) is 0.349. The molecule has 2 aromatic rings. The highest BCUT2D eigenvalue weighted by molar-refractivity contribution is 6.01. The van der Waals surface area contributed by atoms with Gasteiger partial charge < -0.3 is 5.32 Å². The van der Waals surface area contributed by atoms with Crippen molar-refractivity contribution in [1.29, 1.82) is 0 Å². The van der Waals surface area contributed by atoms with Crippen LogP contribution in [0.3, 0.4) is 0 Å². The summed E-state index contributed by atoms with van der Waals surface area (Å²) in [5, 5.41) is 15.1. The average molecular weight is 192 g/mol. The van der Waals surface area contributed by atoms with Gasteiger partial charge >= 0.3 is 0 Å². The Morgan fingerprint density at radius 2 is 2.43 bits per heavy atom. The summed E-state index contributed by atoms with van der Waals surface area (Å²) in [6.45, 7) is 1.72. The fourth-order valence-electron chi connectivity index (χ4n) is 0.950. The lowest BCUT2D eigenvalue weighted by molar-refractivity contribution is 0.101. The number of carbonyl (C=O) groups is 1. The zero-order valence-corrected chi connectivity index (χ0v) is 7.40. The highest BCUT2D eigenvalue weighted by Gasteiger charge is 2.11. The second kappa shape index (κ2) is 3.29. The number of nitrogens with one attached hydrogen (secondary N) is 3. The molecule has 0 aliphatic heterocycles.